The van der Waals surface area contributed by atoms with Crippen molar-refractivity contribution in [2.45, 2.75) is 36.2 Å². The van der Waals surface area contributed by atoms with Crippen molar-refractivity contribution < 1.29 is 9.53 Å². The van der Waals surface area contributed by atoms with Crippen LogP contribution in [0.5, 0.6) is 11.5 Å². The molecule has 1 aliphatic carbocycles. The molecule has 1 saturated carbocycles. The Hall–Kier alpha value is -2.58. The highest BCUT2D eigenvalue weighted by molar-refractivity contribution is 8.00. The maximum atomic E-state index is 12.5. The van der Waals surface area contributed by atoms with E-state index in [1.807, 2.05) is 19.1 Å². The van der Waals surface area contributed by atoms with E-state index in [-0.39, 0.29) is 11.2 Å². The van der Waals surface area contributed by atoms with Crippen molar-refractivity contribution in [1.82, 2.24) is 20.2 Å². The van der Waals surface area contributed by atoms with E-state index in [1.54, 1.807) is 41.1 Å². The molecule has 1 aliphatic rings. The number of ether oxygens (including phenoxy) is 1. The van der Waals surface area contributed by atoms with Gasteiger partial charge >= 0.3 is 0 Å². The summed E-state index contributed by atoms with van der Waals surface area (Å²) in [7, 11) is 0. The molecule has 0 aliphatic heterocycles. The molecule has 1 aromatic heterocycles. The van der Waals surface area contributed by atoms with Gasteiger partial charge in [0, 0.05) is 5.69 Å². The molecule has 0 spiro atoms. The average Bonchev–Trinajstić information content (AvgIpc) is 3.44. The minimum atomic E-state index is -0.331. The number of carbonyl (C=O) groups excluding carboxylic acids is 1. The van der Waals surface area contributed by atoms with Crippen LogP contribution >= 0.6 is 23.4 Å². The van der Waals surface area contributed by atoms with Gasteiger partial charge in [-0.15, -0.1) is 5.10 Å². The van der Waals surface area contributed by atoms with Crippen LogP contribution in [0.1, 0.15) is 25.8 Å². The average molecular weight is 416 g/mol. The molecule has 1 fully saturated rings. The highest BCUT2D eigenvalue weighted by atomic mass is 35.5. The van der Waals surface area contributed by atoms with E-state index >= 15 is 0 Å². The van der Waals surface area contributed by atoms with Crippen molar-refractivity contribution in [3.05, 3.63) is 53.6 Å². The lowest BCUT2D eigenvalue weighted by Gasteiger charge is -2.12. The van der Waals surface area contributed by atoms with Crippen LogP contribution in [-0.2, 0) is 4.79 Å². The number of halogens is 1. The molecule has 0 saturated heterocycles. The third-order valence-corrected chi connectivity index (χ3v) is 5.55. The highest BCUT2D eigenvalue weighted by Gasteiger charge is 2.29. The Morgan fingerprint density at radius 3 is 2.71 bits per heavy atom. The Morgan fingerprint density at radius 2 is 2.00 bits per heavy atom. The number of para-hydroxylation sites is 1. The normalized spacial score (nSPS) is 14.5. The fraction of sp³-hybridized carbons (Fsp3) is 0.263. The molecule has 144 valence electrons. The van der Waals surface area contributed by atoms with Crippen LogP contribution in [0.15, 0.2) is 53.7 Å². The lowest BCUT2D eigenvalue weighted by atomic mass is 10.3. The zero-order chi connectivity index (χ0) is 19.5. The Labute approximate surface area is 171 Å². The van der Waals surface area contributed by atoms with Gasteiger partial charge in [0.2, 0.25) is 11.1 Å². The lowest BCUT2D eigenvalue weighted by Crippen LogP contribution is -2.22. The number of carbonyl (C=O) groups is 1. The zero-order valence-electron chi connectivity index (χ0n) is 15.1. The van der Waals surface area contributed by atoms with Crippen molar-refractivity contribution in [1.29, 1.82) is 0 Å². The molecule has 0 bridgehead atoms. The third kappa shape index (κ3) is 4.45. The van der Waals surface area contributed by atoms with E-state index in [1.165, 1.54) is 11.8 Å². The van der Waals surface area contributed by atoms with Crippen LogP contribution in [0.3, 0.4) is 0 Å². The zero-order valence-corrected chi connectivity index (χ0v) is 16.7. The first kappa shape index (κ1) is 18.8. The van der Waals surface area contributed by atoms with Gasteiger partial charge in [-0.25, -0.2) is 4.68 Å². The van der Waals surface area contributed by atoms with Crippen LogP contribution in [0.2, 0.25) is 5.02 Å². The number of hydrogen-bond acceptors (Lipinski definition) is 6. The summed E-state index contributed by atoms with van der Waals surface area (Å²) in [6, 6.07) is 14.8. The second kappa shape index (κ2) is 8.20. The smallest absolute Gasteiger partial charge is 0.237 e. The first-order chi connectivity index (χ1) is 13.6. The van der Waals surface area contributed by atoms with Crippen molar-refractivity contribution in [3.8, 4) is 11.5 Å². The number of thioether (sulfide) groups is 1. The van der Waals surface area contributed by atoms with Crippen LogP contribution < -0.4 is 10.1 Å². The molecule has 1 N–H and O–H groups in total. The highest BCUT2D eigenvalue weighted by Crippen LogP contribution is 2.37. The van der Waals surface area contributed by atoms with Gasteiger partial charge in [-0.3, -0.25) is 4.79 Å². The van der Waals surface area contributed by atoms with Crippen LogP contribution in [-0.4, -0.2) is 31.4 Å². The van der Waals surface area contributed by atoms with Gasteiger partial charge in [-0.1, -0.05) is 35.5 Å². The Kier molecular flexibility index (Phi) is 5.50. The first-order valence-electron chi connectivity index (χ1n) is 8.88. The third-order valence-electron chi connectivity index (χ3n) is 4.19. The molecular formula is C19H18ClN5O2S. The maximum absolute atomic E-state index is 12.5. The molecule has 4 rings (SSSR count). The second-order valence-electron chi connectivity index (χ2n) is 6.44. The summed E-state index contributed by atoms with van der Waals surface area (Å²) in [6.07, 6.45) is 2.17. The van der Waals surface area contributed by atoms with E-state index in [2.05, 4.69) is 20.8 Å². The summed E-state index contributed by atoms with van der Waals surface area (Å²) in [6.45, 7) is 1.83. The summed E-state index contributed by atoms with van der Waals surface area (Å²) in [5.41, 5.74) is 0.686. The van der Waals surface area contributed by atoms with E-state index in [0.29, 0.717) is 33.4 Å². The van der Waals surface area contributed by atoms with E-state index < -0.39 is 0 Å². The molecule has 3 aromatic rings. The summed E-state index contributed by atoms with van der Waals surface area (Å²) in [5.74, 6) is 1.10. The van der Waals surface area contributed by atoms with Crippen molar-refractivity contribution in [3.63, 3.8) is 0 Å². The largest absolute Gasteiger partial charge is 0.456 e. The van der Waals surface area contributed by atoms with Crippen LogP contribution in [0, 0.1) is 0 Å². The van der Waals surface area contributed by atoms with E-state index in [9.17, 15) is 4.79 Å². The number of hydrogen-bond donors (Lipinski definition) is 1. The number of anilines is 1. The van der Waals surface area contributed by atoms with Crippen LogP contribution in [0.4, 0.5) is 5.69 Å². The number of aromatic nitrogens is 4. The van der Waals surface area contributed by atoms with Crippen molar-refractivity contribution >= 4 is 35.0 Å². The Bertz CT molecular complexity index is 974. The summed E-state index contributed by atoms with van der Waals surface area (Å²) in [4.78, 5) is 12.5. The number of nitrogens with one attached hydrogen (secondary N) is 1. The number of amides is 1. The van der Waals surface area contributed by atoms with Gasteiger partial charge in [0.1, 0.15) is 11.5 Å². The van der Waals surface area contributed by atoms with Gasteiger partial charge in [0.05, 0.1) is 16.3 Å². The summed E-state index contributed by atoms with van der Waals surface area (Å²) < 4.78 is 7.56. The quantitative estimate of drug-likeness (QED) is 0.569. The Morgan fingerprint density at radius 1 is 1.25 bits per heavy atom. The van der Waals surface area contributed by atoms with Gasteiger partial charge in [-0.05, 0) is 66.6 Å². The molecule has 2 aromatic carbocycles. The molecule has 1 atom stereocenters. The fourth-order valence-corrected chi connectivity index (χ4v) is 3.56. The Balaban J connectivity index is 1.35. The number of nitrogens with zero attached hydrogens (tertiary/aromatic N) is 4. The standard InChI is InChI=1S/C19H18ClN5O2S/c1-12(28-19-22-23-24-25(19)14-8-9-14)18(26)21-13-6-10-15(11-7-13)27-17-5-3-2-4-16(17)20/h2-7,10-12,14H,8-9H2,1H3,(H,21,26). The van der Waals surface area contributed by atoms with E-state index in [4.69, 9.17) is 16.3 Å². The molecule has 7 nitrogen and oxygen atoms in total. The molecule has 1 heterocycles. The molecule has 28 heavy (non-hydrogen) atoms. The number of tetrazole rings is 1. The second-order valence-corrected chi connectivity index (χ2v) is 8.16. The van der Waals surface area contributed by atoms with Gasteiger partial charge in [0.25, 0.3) is 0 Å². The van der Waals surface area contributed by atoms with Crippen molar-refractivity contribution in [2.75, 3.05) is 5.32 Å². The lowest BCUT2D eigenvalue weighted by molar-refractivity contribution is -0.115. The minimum Gasteiger partial charge on any atom is -0.456 e. The first-order valence-corrected chi connectivity index (χ1v) is 10.1. The summed E-state index contributed by atoms with van der Waals surface area (Å²) >= 11 is 7.46. The molecule has 1 amide bonds. The van der Waals surface area contributed by atoms with Gasteiger partial charge < -0.3 is 10.1 Å². The molecule has 1 unspecified atom stereocenters. The van der Waals surface area contributed by atoms with E-state index in [0.717, 1.165) is 12.8 Å². The molecule has 0 radical (unpaired) electrons. The number of rotatable bonds is 7. The van der Waals surface area contributed by atoms with Crippen LogP contribution in [0.25, 0.3) is 0 Å². The maximum Gasteiger partial charge on any atom is 0.237 e. The van der Waals surface area contributed by atoms with Gasteiger partial charge in [0.15, 0.2) is 0 Å². The van der Waals surface area contributed by atoms with Crippen molar-refractivity contribution in [2.24, 2.45) is 0 Å². The SMILES string of the molecule is CC(Sc1nnnn1C1CC1)C(=O)Nc1ccc(Oc2ccccc2Cl)cc1. The minimum absolute atomic E-state index is 0.116. The predicted molar refractivity (Wildman–Crippen MR) is 108 cm³/mol. The monoisotopic (exact) mass is 415 g/mol. The number of benzene rings is 2. The summed E-state index contributed by atoms with van der Waals surface area (Å²) in [5, 5.41) is 15.5. The molecule has 9 heteroatoms. The van der Waals surface area contributed by atoms with Gasteiger partial charge in [-0.2, -0.15) is 0 Å². The predicted octanol–water partition coefficient (Wildman–Crippen LogP) is 4.57. The topological polar surface area (TPSA) is 81.9 Å². The molecular weight excluding hydrogens is 398 g/mol. The fourth-order valence-electron chi connectivity index (χ4n) is 2.53.